The molecule has 8 heteroatoms. The number of hydroxylamine groups is 1. The number of rotatable bonds is 6. The van der Waals surface area contributed by atoms with Crippen molar-refractivity contribution in [2.75, 3.05) is 24.6 Å². The molecule has 2 aliphatic rings. The third-order valence-electron chi connectivity index (χ3n) is 5.01. The van der Waals surface area contributed by atoms with E-state index in [1.807, 2.05) is 54.6 Å². The van der Waals surface area contributed by atoms with Crippen molar-refractivity contribution in [1.82, 2.24) is 10.8 Å². The van der Waals surface area contributed by atoms with Gasteiger partial charge >= 0.3 is 6.09 Å². The highest BCUT2D eigenvalue weighted by Crippen LogP contribution is 2.27. The average molecular weight is 409 g/mol. The van der Waals surface area contributed by atoms with Crippen LogP contribution in [0.5, 0.6) is 0 Å². The Morgan fingerprint density at radius 3 is 2.37 bits per heavy atom. The zero-order chi connectivity index (χ0) is 21.1. The van der Waals surface area contributed by atoms with Crippen LogP contribution in [0.3, 0.4) is 0 Å². The Balaban J connectivity index is 1.42. The number of hydrogen-bond acceptors (Lipinski definition) is 6. The molecule has 30 heavy (non-hydrogen) atoms. The predicted octanol–water partition coefficient (Wildman–Crippen LogP) is 2.05. The molecule has 4 rings (SSSR count). The second-order valence-corrected chi connectivity index (χ2v) is 7.20. The predicted molar refractivity (Wildman–Crippen MR) is 111 cm³/mol. The summed E-state index contributed by atoms with van der Waals surface area (Å²) < 4.78 is 5.31. The molecule has 0 spiro atoms. The molecule has 2 atom stereocenters. The maximum Gasteiger partial charge on any atom is 0.414 e. The molecule has 156 valence electrons. The molecule has 1 unspecified atom stereocenters. The summed E-state index contributed by atoms with van der Waals surface area (Å²) >= 11 is 0. The number of aliphatic hydroxyl groups excluding tert-OH is 1. The van der Waals surface area contributed by atoms with E-state index in [1.165, 1.54) is 6.92 Å². The molecule has 0 radical (unpaired) electrons. The van der Waals surface area contributed by atoms with E-state index in [1.54, 1.807) is 4.90 Å². The lowest BCUT2D eigenvalue weighted by Gasteiger charge is -2.14. The number of hydrogen-bond donors (Lipinski definition) is 3. The van der Waals surface area contributed by atoms with Crippen molar-refractivity contribution in [3.8, 4) is 11.1 Å². The zero-order valence-corrected chi connectivity index (χ0v) is 16.5. The highest BCUT2D eigenvalue weighted by Gasteiger charge is 2.32. The van der Waals surface area contributed by atoms with Crippen molar-refractivity contribution in [3.05, 3.63) is 60.2 Å². The van der Waals surface area contributed by atoms with Crippen LogP contribution in [0.1, 0.15) is 12.5 Å². The summed E-state index contributed by atoms with van der Waals surface area (Å²) in [5, 5.41) is 11.8. The minimum Gasteiger partial charge on any atom is -0.442 e. The molecular weight excluding hydrogens is 386 g/mol. The highest BCUT2D eigenvalue weighted by molar-refractivity contribution is 5.90. The van der Waals surface area contributed by atoms with Gasteiger partial charge in [-0.05, 0) is 34.9 Å². The third-order valence-corrected chi connectivity index (χ3v) is 5.01. The molecule has 0 bridgehead atoms. The maximum atomic E-state index is 12.1. The Kier molecular flexibility index (Phi) is 5.69. The Labute approximate surface area is 174 Å². The van der Waals surface area contributed by atoms with E-state index in [2.05, 4.69) is 10.8 Å². The zero-order valence-electron chi connectivity index (χ0n) is 16.5. The van der Waals surface area contributed by atoms with Crippen LogP contribution in [0.4, 0.5) is 10.5 Å². The Morgan fingerprint density at radius 2 is 1.77 bits per heavy atom. The van der Waals surface area contributed by atoms with Crippen LogP contribution in [0.25, 0.3) is 16.8 Å². The first-order valence-electron chi connectivity index (χ1n) is 9.71. The van der Waals surface area contributed by atoms with Crippen LogP contribution in [-0.4, -0.2) is 49.0 Å². The molecule has 3 N–H and O–H groups in total. The number of nitrogens with zero attached hydrogens (tertiary/aromatic N) is 1. The molecule has 2 heterocycles. The summed E-state index contributed by atoms with van der Waals surface area (Å²) in [4.78, 5) is 30.0. The molecular formula is C22H23N3O5. The molecule has 1 saturated heterocycles. The van der Waals surface area contributed by atoms with E-state index in [9.17, 15) is 9.59 Å². The van der Waals surface area contributed by atoms with E-state index >= 15 is 0 Å². The maximum absolute atomic E-state index is 12.1. The fourth-order valence-corrected chi connectivity index (χ4v) is 3.41. The minimum atomic E-state index is -0.414. The molecule has 0 saturated carbocycles. The topological polar surface area (TPSA) is 100 Å². The molecule has 2 amide bonds. The molecule has 0 aliphatic carbocycles. The third kappa shape index (κ3) is 4.29. The summed E-state index contributed by atoms with van der Waals surface area (Å²) in [5.74, 6) is -0.152. The largest absolute Gasteiger partial charge is 0.442 e. The smallest absolute Gasteiger partial charge is 0.414 e. The van der Waals surface area contributed by atoms with Crippen molar-refractivity contribution in [2.45, 2.75) is 19.1 Å². The van der Waals surface area contributed by atoms with Gasteiger partial charge in [0.15, 0.2) is 0 Å². The lowest BCUT2D eigenvalue weighted by atomic mass is 10.0. The second kappa shape index (κ2) is 8.56. The fourth-order valence-electron chi connectivity index (χ4n) is 3.41. The van der Waals surface area contributed by atoms with Crippen LogP contribution in [-0.2, 0) is 14.4 Å². The number of benzene rings is 2. The Hall–Kier alpha value is -3.36. The van der Waals surface area contributed by atoms with Crippen LogP contribution in [0.15, 0.2) is 54.6 Å². The van der Waals surface area contributed by atoms with E-state index < -0.39 is 6.09 Å². The van der Waals surface area contributed by atoms with Crippen LogP contribution in [0.2, 0.25) is 0 Å². The highest BCUT2D eigenvalue weighted by atomic mass is 16.7. The van der Waals surface area contributed by atoms with Gasteiger partial charge in [0.1, 0.15) is 12.2 Å². The van der Waals surface area contributed by atoms with Gasteiger partial charge in [-0.1, -0.05) is 36.4 Å². The van der Waals surface area contributed by atoms with Gasteiger partial charge in [-0.2, -0.15) is 0 Å². The second-order valence-electron chi connectivity index (χ2n) is 7.20. The van der Waals surface area contributed by atoms with Crippen LogP contribution < -0.4 is 15.7 Å². The summed E-state index contributed by atoms with van der Waals surface area (Å²) in [6.07, 6.45) is 0.741. The van der Waals surface area contributed by atoms with E-state index in [4.69, 9.17) is 14.7 Å². The fraction of sp³-hybridized carbons (Fsp3) is 0.273. The first-order valence-corrected chi connectivity index (χ1v) is 9.71. The molecule has 8 nitrogen and oxygen atoms in total. The minimum absolute atomic E-state index is 0.0700. The van der Waals surface area contributed by atoms with E-state index in [0.29, 0.717) is 13.1 Å². The lowest BCUT2D eigenvalue weighted by molar-refractivity contribution is -0.119. The van der Waals surface area contributed by atoms with Gasteiger partial charge in [0.05, 0.1) is 25.4 Å². The number of ether oxygens (including phenoxy) is 1. The SMILES string of the molecule is CC(=O)NC[C@H]1CN(c2ccc(-c3ccc(C4=CC(CO)ON4)cc3)cc2)C(=O)O1. The summed E-state index contributed by atoms with van der Waals surface area (Å²) in [6.45, 7) is 2.06. The normalized spacial score (nSPS) is 20.5. The number of nitrogens with one attached hydrogen (secondary N) is 2. The molecule has 0 aromatic heterocycles. The quantitative estimate of drug-likeness (QED) is 0.675. The lowest BCUT2D eigenvalue weighted by Crippen LogP contribution is -2.33. The molecule has 2 aliphatic heterocycles. The number of carbonyl (C=O) groups is 2. The number of anilines is 1. The van der Waals surface area contributed by atoms with Crippen LogP contribution >= 0.6 is 0 Å². The van der Waals surface area contributed by atoms with Gasteiger partial charge in [0.25, 0.3) is 0 Å². The molecule has 2 aromatic rings. The van der Waals surface area contributed by atoms with Gasteiger partial charge < -0.3 is 15.2 Å². The summed E-state index contributed by atoms with van der Waals surface area (Å²) in [5.41, 5.74) is 7.43. The summed E-state index contributed by atoms with van der Waals surface area (Å²) in [6, 6.07) is 15.6. The summed E-state index contributed by atoms with van der Waals surface area (Å²) in [7, 11) is 0. The molecule has 1 fully saturated rings. The Bertz CT molecular complexity index is 956. The monoisotopic (exact) mass is 409 g/mol. The average Bonchev–Trinajstić information content (AvgIpc) is 3.39. The first-order chi connectivity index (χ1) is 14.5. The van der Waals surface area contributed by atoms with Gasteiger partial charge in [-0.15, -0.1) is 0 Å². The van der Waals surface area contributed by atoms with Crippen molar-refractivity contribution < 1.29 is 24.3 Å². The van der Waals surface area contributed by atoms with Crippen molar-refractivity contribution in [3.63, 3.8) is 0 Å². The van der Waals surface area contributed by atoms with E-state index in [0.717, 1.165) is 28.1 Å². The van der Waals surface area contributed by atoms with Gasteiger partial charge in [-0.3, -0.25) is 20.0 Å². The first kappa shape index (κ1) is 19.9. The van der Waals surface area contributed by atoms with Gasteiger partial charge in [0, 0.05) is 12.6 Å². The van der Waals surface area contributed by atoms with Gasteiger partial charge in [0.2, 0.25) is 5.91 Å². The molecule has 2 aromatic carbocycles. The Morgan fingerprint density at radius 1 is 1.13 bits per heavy atom. The standard InChI is InChI=1S/C22H23N3O5/c1-14(27)23-11-20-12-25(22(28)29-20)18-8-6-16(7-9-18)15-2-4-17(5-3-15)21-10-19(13-26)30-24-21/h2-10,19-20,24,26H,11-13H2,1H3,(H,23,27)/t19?,20-/m0/s1. The number of aliphatic hydroxyl groups is 1. The van der Waals surface area contributed by atoms with Gasteiger partial charge in [-0.25, -0.2) is 4.79 Å². The number of amides is 2. The van der Waals surface area contributed by atoms with Crippen molar-refractivity contribution >= 4 is 23.4 Å². The van der Waals surface area contributed by atoms with Crippen molar-refractivity contribution in [2.24, 2.45) is 0 Å². The van der Waals surface area contributed by atoms with E-state index in [-0.39, 0.29) is 24.7 Å². The van der Waals surface area contributed by atoms with Crippen LogP contribution in [0, 0.1) is 0 Å². The number of carbonyl (C=O) groups excluding carboxylic acids is 2. The van der Waals surface area contributed by atoms with Crippen molar-refractivity contribution in [1.29, 1.82) is 0 Å². The number of cyclic esters (lactones) is 1.